The fourth-order valence-corrected chi connectivity index (χ4v) is 5.84. The van der Waals surface area contributed by atoms with Crippen molar-refractivity contribution in [1.29, 1.82) is 0 Å². The summed E-state index contributed by atoms with van der Waals surface area (Å²) < 4.78 is 20.8. The van der Waals surface area contributed by atoms with Crippen molar-refractivity contribution in [2.24, 2.45) is 11.8 Å². The number of rotatable bonds is 11. The lowest BCUT2D eigenvalue weighted by Gasteiger charge is -2.38. The van der Waals surface area contributed by atoms with Gasteiger partial charge in [-0.25, -0.2) is 9.37 Å². The molecule has 1 aliphatic heterocycles. The Bertz CT molecular complexity index is 1120. The third kappa shape index (κ3) is 6.92. The Morgan fingerprint density at radius 2 is 2.11 bits per heavy atom. The summed E-state index contributed by atoms with van der Waals surface area (Å²) in [5.41, 5.74) is 1.36. The monoisotopic (exact) mass is 497 g/mol. The number of hydrogen-bond acceptors (Lipinski definition) is 6. The van der Waals surface area contributed by atoms with Crippen LogP contribution in [-0.2, 0) is 4.79 Å². The van der Waals surface area contributed by atoms with Gasteiger partial charge in [0.25, 0.3) is 0 Å². The maximum absolute atomic E-state index is 15.4. The van der Waals surface area contributed by atoms with E-state index >= 15 is 4.39 Å². The molecular formula is C27H32FN3O3S. The van der Waals surface area contributed by atoms with Gasteiger partial charge in [0.15, 0.2) is 0 Å². The molecule has 1 N–H and O–H groups in total. The summed E-state index contributed by atoms with van der Waals surface area (Å²) in [4.78, 5) is 22.6. The predicted molar refractivity (Wildman–Crippen MR) is 137 cm³/mol. The zero-order valence-corrected chi connectivity index (χ0v) is 20.8. The van der Waals surface area contributed by atoms with E-state index in [1.54, 1.807) is 37.3 Å². The van der Waals surface area contributed by atoms with E-state index in [0.29, 0.717) is 24.2 Å². The van der Waals surface area contributed by atoms with Crippen molar-refractivity contribution < 1.29 is 19.0 Å². The van der Waals surface area contributed by atoms with Crippen LogP contribution in [0.15, 0.2) is 59.9 Å². The number of alkyl halides is 1. The molecule has 3 atom stereocenters. The average Bonchev–Trinajstić information content (AvgIpc) is 2.87. The lowest BCUT2D eigenvalue weighted by Crippen LogP contribution is -2.42. The van der Waals surface area contributed by atoms with Gasteiger partial charge in [-0.15, -0.1) is 11.8 Å². The van der Waals surface area contributed by atoms with Crippen molar-refractivity contribution >= 4 is 28.6 Å². The zero-order valence-electron chi connectivity index (χ0n) is 20.0. The van der Waals surface area contributed by atoms with E-state index in [1.807, 2.05) is 36.4 Å². The molecule has 4 rings (SSSR count). The molecular weight excluding hydrogens is 465 g/mol. The molecule has 8 heteroatoms. The van der Waals surface area contributed by atoms with Crippen LogP contribution in [0.2, 0.25) is 0 Å². The van der Waals surface area contributed by atoms with Gasteiger partial charge in [-0.3, -0.25) is 9.78 Å². The van der Waals surface area contributed by atoms with Crippen molar-refractivity contribution in [3.8, 4) is 5.75 Å². The van der Waals surface area contributed by atoms with Gasteiger partial charge in [-0.2, -0.15) is 0 Å². The summed E-state index contributed by atoms with van der Waals surface area (Å²) in [6.45, 7) is 2.54. The van der Waals surface area contributed by atoms with Gasteiger partial charge in [-0.05, 0) is 79.6 Å². The number of benzene rings is 1. The summed E-state index contributed by atoms with van der Waals surface area (Å²) in [5, 5.41) is 11.3. The van der Waals surface area contributed by atoms with Crippen molar-refractivity contribution in [2.75, 3.05) is 32.5 Å². The van der Waals surface area contributed by atoms with Crippen LogP contribution < -0.4 is 4.74 Å². The Hall–Kier alpha value is -2.71. The molecule has 3 heterocycles. The number of hydrogen-bond donors (Lipinski definition) is 1. The van der Waals surface area contributed by atoms with E-state index in [1.165, 1.54) is 0 Å². The van der Waals surface area contributed by atoms with Crippen molar-refractivity contribution in [3.05, 3.63) is 60.4 Å². The number of thioether (sulfide) groups is 1. The number of aromatic nitrogens is 2. The number of carbonyl (C=O) groups is 1. The first-order valence-electron chi connectivity index (χ1n) is 12.1. The fraction of sp³-hybridized carbons (Fsp3) is 0.444. The first kappa shape index (κ1) is 25.4. The number of halogens is 1. The molecule has 0 bridgehead atoms. The third-order valence-electron chi connectivity index (χ3n) is 6.82. The minimum atomic E-state index is -1.13. The highest BCUT2D eigenvalue weighted by Gasteiger charge is 2.31. The molecule has 186 valence electrons. The number of ether oxygens (including phenoxy) is 1. The zero-order chi connectivity index (χ0) is 24.6. The Balaban J connectivity index is 1.35. The molecule has 0 aliphatic carbocycles. The maximum Gasteiger partial charge on any atom is 0.303 e. The van der Waals surface area contributed by atoms with Crippen LogP contribution in [0.25, 0.3) is 10.9 Å². The molecule has 1 aliphatic rings. The Morgan fingerprint density at radius 1 is 1.23 bits per heavy atom. The second kappa shape index (κ2) is 12.3. The summed E-state index contributed by atoms with van der Waals surface area (Å²) in [5.74, 6) is 1.03. The minimum Gasteiger partial charge on any atom is -0.497 e. The molecule has 0 saturated carbocycles. The maximum atomic E-state index is 15.4. The van der Waals surface area contributed by atoms with Gasteiger partial charge < -0.3 is 14.7 Å². The number of nitrogens with zero attached hydrogens (tertiary/aromatic N) is 3. The van der Waals surface area contributed by atoms with Crippen LogP contribution in [0.1, 0.15) is 37.4 Å². The minimum absolute atomic E-state index is 0.0302. The van der Waals surface area contributed by atoms with Crippen LogP contribution in [0.5, 0.6) is 5.75 Å². The molecule has 1 aromatic carbocycles. The topological polar surface area (TPSA) is 75.5 Å². The van der Waals surface area contributed by atoms with E-state index in [-0.39, 0.29) is 18.3 Å². The highest BCUT2D eigenvalue weighted by Crippen LogP contribution is 2.36. The van der Waals surface area contributed by atoms with Gasteiger partial charge >= 0.3 is 5.97 Å². The predicted octanol–water partition coefficient (Wildman–Crippen LogP) is 5.63. The van der Waals surface area contributed by atoms with E-state index in [0.717, 1.165) is 47.7 Å². The Kier molecular flexibility index (Phi) is 8.93. The number of carboxylic acids is 1. The smallest absolute Gasteiger partial charge is 0.303 e. The van der Waals surface area contributed by atoms with Crippen molar-refractivity contribution in [2.45, 2.75) is 36.9 Å². The molecule has 2 aromatic heterocycles. The van der Waals surface area contributed by atoms with Crippen LogP contribution in [-0.4, -0.2) is 58.4 Å². The normalized spacial score (nSPS) is 19.5. The summed E-state index contributed by atoms with van der Waals surface area (Å²) in [6, 6.07) is 13.1. The van der Waals surface area contributed by atoms with Gasteiger partial charge in [0.1, 0.15) is 11.9 Å². The first-order valence-corrected chi connectivity index (χ1v) is 13.1. The average molecular weight is 498 g/mol. The standard InChI is InChI=1S/C27H32FN3O3S/c1-34-21-6-8-25-23(17-21)22(9-12-29-25)24(28)7-5-19-10-13-31(18-20(19)16-27(32)33)14-15-35-26-4-2-3-11-30-26/h2-4,6,8-9,11-12,17,19-20,24H,5,7,10,13-16,18H2,1H3,(H,32,33)/t19-,20+,24-/m1/s1. The summed E-state index contributed by atoms with van der Waals surface area (Å²) in [6.07, 6.45) is 4.36. The molecule has 0 unspecified atom stereocenters. The van der Waals surface area contributed by atoms with Crippen LogP contribution in [0.3, 0.4) is 0 Å². The first-order chi connectivity index (χ1) is 17.0. The van der Waals surface area contributed by atoms with Gasteiger partial charge in [0, 0.05) is 43.0 Å². The molecule has 0 amide bonds. The lowest BCUT2D eigenvalue weighted by molar-refractivity contribution is -0.139. The molecule has 3 aromatic rings. The van der Waals surface area contributed by atoms with E-state index in [4.69, 9.17) is 4.74 Å². The molecule has 1 fully saturated rings. The number of likely N-dealkylation sites (tertiary alicyclic amines) is 1. The Morgan fingerprint density at radius 3 is 2.89 bits per heavy atom. The molecule has 0 radical (unpaired) electrons. The van der Waals surface area contributed by atoms with Gasteiger partial charge in [0.05, 0.1) is 17.7 Å². The van der Waals surface area contributed by atoms with Crippen LogP contribution in [0, 0.1) is 11.8 Å². The number of carboxylic acid groups (broad SMARTS) is 1. The molecule has 35 heavy (non-hydrogen) atoms. The number of piperidine rings is 1. The Labute approximate surface area is 209 Å². The van der Waals surface area contributed by atoms with Gasteiger partial charge in [-0.1, -0.05) is 6.07 Å². The second-order valence-electron chi connectivity index (χ2n) is 9.05. The largest absolute Gasteiger partial charge is 0.497 e. The van der Waals surface area contributed by atoms with Crippen LogP contribution in [0.4, 0.5) is 4.39 Å². The third-order valence-corrected chi connectivity index (χ3v) is 7.74. The summed E-state index contributed by atoms with van der Waals surface area (Å²) in [7, 11) is 1.59. The van der Waals surface area contributed by atoms with E-state index < -0.39 is 12.1 Å². The highest BCUT2D eigenvalue weighted by molar-refractivity contribution is 7.99. The van der Waals surface area contributed by atoms with Crippen molar-refractivity contribution in [1.82, 2.24) is 14.9 Å². The fourth-order valence-electron chi connectivity index (χ4n) is 4.97. The number of methoxy groups -OCH3 is 1. The highest BCUT2D eigenvalue weighted by atomic mass is 32.2. The van der Waals surface area contributed by atoms with E-state index in [9.17, 15) is 9.90 Å². The number of fused-ring (bicyclic) bond motifs is 1. The molecule has 0 spiro atoms. The second-order valence-corrected chi connectivity index (χ2v) is 10.2. The quantitative estimate of drug-likeness (QED) is 0.344. The molecule has 6 nitrogen and oxygen atoms in total. The summed E-state index contributed by atoms with van der Waals surface area (Å²) >= 11 is 1.71. The SMILES string of the molecule is COc1ccc2nccc([C@H](F)CC[C@@H]3CCN(CCSc4ccccn4)C[C@@H]3CC(=O)O)c2c1. The number of pyridine rings is 2. The van der Waals surface area contributed by atoms with Crippen molar-refractivity contribution in [3.63, 3.8) is 0 Å². The lowest BCUT2D eigenvalue weighted by atomic mass is 9.79. The van der Waals surface area contributed by atoms with E-state index in [2.05, 4.69) is 14.9 Å². The number of aliphatic carboxylic acids is 1. The van der Waals surface area contributed by atoms with Crippen LogP contribution >= 0.6 is 11.8 Å². The molecule has 1 saturated heterocycles. The van der Waals surface area contributed by atoms with Gasteiger partial charge in [0.2, 0.25) is 0 Å².